The molecule has 0 rings (SSSR count). The lowest BCUT2D eigenvalue weighted by Crippen LogP contribution is -2.31. The molecule has 0 N–H and O–H groups in total. The molecule has 0 bridgehead atoms. The van der Waals surface area contributed by atoms with Crippen molar-refractivity contribution in [2.75, 3.05) is 7.11 Å². The first-order valence-corrected chi connectivity index (χ1v) is 3.42. The molecule has 0 aliphatic rings. The average molecular weight is 268 g/mol. The van der Waals surface area contributed by atoms with Crippen molar-refractivity contribution in [3.63, 3.8) is 0 Å². The number of carbonyl (C=O) groups is 1. The summed E-state index contributed by atoms with van der Waals surface area (Å²) in [6, 6.07) is 0. The first-order chi connectivity index (χ1) is 4.39. The van der Waals surface area contributed by atoms with Crippen molar-refractivity contribution >= 4 is 28.6 Å². The second-order valence-corrected chi connectivity index (χ2v) is 2.67. The van der Waals surface area contributed by atoms with E-state index in [9.17, 15) is 18.0 Å². The molecular formula is C4H4F3IO2. The van der Waals surface area contributed by atoms with E-state index < -0.39 is 16.1 Å². The molecule has 0 aromatic rings. The van der Waals surface area contributed by atoms with Crippen LogP contribution in [-0.4, -0.2) is 23.2 Å². The van der Waals surface area contributed by atoms with Crippen LogP contribution < -0.4 is 0 Å². The number of methoxy groups -OCH3 is 1. The zero-order valence-electron chi connectivity index (χ0n) is 4.91. The zero-order chi connectivity index (χ0) is 8.36. The molecule has 0 radical (unpaired) electrons. The molecule has 6 heteroatoms. The lowest BCUT2D eigenvalue weighted by molar-refractivity contribution is -0.163. The lowest BCUT2D eigenvalue weighted by Gasteiger charge is -2.10. The number of hydrogen-bond donors (Lipinski definition) is 0. The van der Waals surface area contributed by atoms with E-state index in [-0.39, 0.29) is 0 Å². The SMILES string of the molecule is COC(=O)C(I)C(F)(F)F. The third kappa shape index (κ3) is 2.72. The number of ether oxygens (including phenoxy) is 1. The van der Waals surface area contributed by atoms with E-state index in [1.54, 1.807) is 0 Å². The van der Waals surface area contributed by atoms with Crippen LogP contribution in [0.4, 0.5) is 13.2 Å². The van der Waals surface area contributed by atoms with Gasteiger partial charge in [0.15, 0.2) is 0 Å². The quantitative estimate of drug-likeness (QED) is 0.409. The van der Waals surface area contributed by atoms with E-state index in [4.69, 9.17) is 0 Å². The van der Waals surface area contributed by atoms with Gasteiger partial charge < -0.3 is 4.74 Å². The highest BCUT2D eigenvalue weighted by Crippen LogP contribution is 2.27. The Bertz CT molecular complexity index is 133. The number of hydrogen-bond acceptors (Lipinski definition) is 2. The second kappa shape index (κ2) is 3.40. The summed E-state index contributed by atoms with van der Waals surface area (Å²) >= 11 is 0.975. The van der Waals surface area contributed by atoms with Crippen molar-refractivity contribution in [2.45, 2.75) is 10.1 Å². The molecule has 1 unspecified atom stereocenters. The van der Waals surface area contributed by atoms with Crippen LogP contribution in [0, 0.1) is 0 Å². The van der Waals surface area contributed by atoms with Crippen LogP contribution in [0.25, 0.3) is 0 Å². The van der Waals surface area contributed by atoms with E-state index in [1.807, 2.05) is 0 Å². The van der Waals surface area contributed by atoms with E-state index in [2.05, 4.69) is 4.74 Å². The Hall–Kier alpha value is -0.0100. The summed E-state index contributed by atoms with van der Waals surface area (Å²) in [7, 11) is 0.916. The predicted octanol–water partition coefficient (Wildman–Crippen LogP) is 1.53. The maximum atomic E-state index is 11.6. The van der Waals surface area contributed by atoms with Gasteiger partial charge >= 0.3 is 12.1 Å². The van der Waals surface area contributed by atoms with Crippen LogP contribution in [-0.2, 0) is 9.53 Å². The van der Waals surface area contributed by atoms with Crippen LogP contribution in [0.2, 0.25) is 0 Å². The summed E-state index contributed by atoms with van der Waals surface area (Å²) < 4.78 is 36.5. The van der Waals surface area contributed by atoms with Gasteiger partial charge in [0.1, 0.15) is 0 Å². The smallest absolute Gasteiger partial charge is 0.411 e. The van der Waals surface area contributed by atoms with Gasteiger partial charge in [0.2, 0.25) is 3.92 Å². The number of alkyl halides is 4. The molecule has 0 spiro atoms. The molecule has 0 fully saturated rings. The van der Waals surface area contributed by atoms with Crippen LogP contribution >= 0.6 is 22.6 Å². The van der Waals surface area contributed by atoms with E-state index in [0.717, 1.165) is 29.7 Å². The Labute approximate surface area is 68.9 Å². The normalized spacial score (nSPS) is 14.5. The number of esters is 1. The van der Waals surface area contributed by atoms with Gasteiger partial charge in [-0.25, -0.2) is 0 Å². The molecule has 0 aromatic carbocycles. The molecule has 2 nitrogen and oxygen atoms in total. The monoisotopic (exact) mass is 268 g/mol. The highest BCUT2D eigenvalue weighted by atomic mass is 127. The summed E-state index contributed by atoms with van der Waals surface area (Å²) in [6.45, 7) is 0. The van der Waals surface area contributed by atoms with Crippen molar-refractivity contribution in [1.82, 2.24) is 0 Å². The van der Waals surface area contributed by atoms with Crippen LogP contribution in [0.15, 0.2) is 0 Å². The maximum absolute atomic E-state index is 11.6. The summed E-state index contributed by atoms with van der Waals surface area (Å²) in [5.41, 5.74) is 0. The van der Waals surface area contributed by atoms with Gasteiger partial charge in [-0.05, 0) is 0 Å². The summed E-state index contributed by atoms with van der Waals surface area (Å²) in [6.07, 6.45) is -4.51. The Kier molecular flexibility index (Phi) is 3.40. The molecule has 1 atom stereocenters. The third-order valence-electron chi connectivity index (χ3n) is 0.696. The van der Waals surface area contributed by atoms with Crippen LogP contribution in [0.5, 0.6) is 0 Å². The highest BCUT2D eigenvalue weighted by molar-refractivity contribution is 14.1. The maximum Gasteiger partial charge on any atom is 0.411 e. The van der Waals surface area contributed by atoms with E-state index in [0.29, 0.717) is 0 Å². The van der Waals surface area contributed by atoms with Crippen molar-refractivity contribution in [3.8, 4) is 0 Å². The van der Waals surface area contributed by atoms with Crippen molar-refractivity contribution in [2.24, 2.45) is 0 Å². The molecule has 0 heterocycles. The Morgan fingerprint density at radius 1 is 1.60 bits per heavy atom. The van der Waals surface area contributed by atoms with Crippen LogP contribution in [0.1, 0.15) is 0 Å². The summed E-state index contributed by atoms with van der Waals surface area (Å²) in [5.74, 6) is -1.27. The molecule has 0 aliphatic heterocycles. The number of carbonyl (C=O) groups excluding carboxylic acids is 1. The fourth-order valence-electron chi connectivity index (χ4n) is 0.237. The first-order valence-electron chi connectivity index (χ1n) is 2.18. The Balaban J connectivity index is 4.08. The van der Waals surface area contributed by atoms with Crippen LogP contribution in [0.3, 0.4) is 0 Å². The number of halogens is 4. The molecule has 10 heavy (non-hydrogen) atoms. The number of rotatable bonds is 1. The fourth-order valence-corrected chi connectivity index (χ4v) is 0.491. The van der Waals surface area contributed by atoms with E-state index >= 15 is 0 Å². The standard InChI is InChI=1S/C4H4F3IO2/c1-10-3(9)2(8)4(5,6)7/h2H,1H3. The van der Waals surface area contributed by atoms with Gasteiger partial charge in [0, 0.05) is 0 Å². The molecule has 0 amide bonds. The van der Waals surface area contributed by atoms with Crippen molar-refractivity contribution < 1.29 is 22.7 Å². The molecule has 0 aliphatic carbocycles. The minimum atomic E-state index is -4.51. The molecule has 0 aromatic heterocycles. The largest absolute Gasteiger partial charge is 0.468 e. The first kappa shape index (κ1) is 9.99. The Morgan fingerprint density at radius 3 is 2.10 bits per heavy atom. The highest BCUT2D eigenvalue weighted by Gasteiger charge is 2.43. The average Bonchev–Trinajstić information content (AvgIpc) is 1.83. The summed E-state index contributed by atoms with van der Waals surface area (Å²) in [5, 5.41) is 0. The van der Waals surface area contributed by atoms with Gasteiger partial charge in [-0.15, -0.1) is 0 Å². The van der Waals surface area contributed by atoms with Gasteiger partial charge in [-0.3, -0.25) is 4.79 Å². The molecular weight excluding hydrogens is 264 g/mol. The fraction of sp³-hybridized carbons (Fsp3) is 0.750. The molecule has 0 saturated heterocycles. The molecule has 0 saturated carbocycles. The van der Waals surface area contributed by atoms with Gasteiger partial charge in [0.25, 0.3) is 0 Å². The van der Waals surface area contributed by atoms with Crippen molar-refractivity contribution in [3.05, 3.63) is 0 Å². The van der Waals surface area contributed by atoms with E-state index in [1.165, 1.54) is 0 Å². The topological polar surface area (TPSA) is 26.3 Å². The Morgan fingerprint density at radius 2 is 2.00 bits per heavy atom. The molecule has 60 valence electrons. The summed E-state index contributed by atoms with van der Waals surface area (Å²) in [4.78, 5) is 10.2. The predicted molar refractivity (Wildman–Crippen MR) is 35.9 cm³/mol. The minimum Gasteiger partial charge on any atom is -0.468 e. The lowest BCUT2D eigenvalue weighted by atomic mass is 10.4. The third-order valence-corrected chi connectivity index (χ3v) is 1.91. The van der Waals surface area contributed by atoms with Gasteiger partial charge in [-0.2, -0.15) is 13.2 Å². The van der Waals surface area contributed by atoms with Crippen molar-refractivity contribution in [1.29, 1.82) is 0 Å². The minimum absolute atomic E-state index is 0.916. The van der Waals surface area contributed by atoms with Gasteiger partial charge in [0.05, 0.1) is 7.11 Å². The second-order valence-electron chi connectivity index (χ2n) is 1.43. The zero-order valence-corrected chi connectivity index (χ0v) is 7.06. The van der Waals surface area contributed by atoms with Gasteiger partial charge in [-0.1, -0.05) is 22.6 Å².